The van der Waals surface area contributed by atoms with Gasteiger partial charge in [-0.3, -0.25) is 4.98 Å². The first-order valence-corrected chi connectivity index (χ1v) is 7.06. The maximum atomic E-state index is 5.82. The summed E-state index contributed by atoms with van der Waals surface area (Å²) in [6.45, 7) is 1.32. The van der Waals surface area contributed by atoms with Gasteiger partial charge in [0.25, 0.3) is 0 Å². The lowest BCUT2D eigenvalue weighted by molar-refractivity contribution is 0.118. The summed E-state index contributed by atoms with van der Waals surface area (Å²) < 4.78 is 6.61. The zero-order valence-corrected chi connectivity index (χ0v) is 12.3. The van der Waals surface area contributed by atoms with Crippen molar-refractivity contribution in [3.05, 3.63) is 58.3 Å². The molecule has 1 heterocycles. The van der Waals surface area contributed by atoms with Crippen molar-refractivity contribution in [1.29, 1.82) is 0 Å². The molecule has 0 amide bonds. The van der Waals surface area contributed by atoms with E-state index in [4.69, 9.17) is 10.5 Å². The van der Waals surface area contributed by atoms with Crippen molar-refractivity contribution in [2.75, 3.05) is 12.3 Å². The van der Waals surface area contributed by atoms with Gasteiger partial charge in [0.15, 0.2) is 0 Å². The highest BCUT2D eigenvalue weighted by Crippen LogP contribution is 2.24. The lowest BCUT2D eigenvalue weighted by Crippen LogP contribution is -1.99. The van der Waals surface area contributed by atoms with Gasteiger partial charge in [-0.1, -0.05) is 12.1 Å². The van der Waals surface area contributed by atoms with Crippen molar-refractivity contribution in [2.45, 2.75) is 19.4 Å². The minimum absolute atomic E-state index is 0.585. The van der Waals surface area contributed by atoms with Crippen molar-refractivity contribution >= 4 is 21.6 Å². The number of halogens is 1. The molecule has 0 atom stereocenters. The van der Waals surface area contributed by atoms with E-state index in [0.717, 1.165) is 35.2 Å². The summed E-state index contributed by atoms with van der Waals surface area (Å²) in [6, 6.07) is 9.90. The lowest BCUT2D eigenvalue weighted by atomic mass is 10.1. The predicted molar refractivity (Wildman–Crippen MR) is 80.8 cm³/mol. The van der Waals surface area contributed by atoms with Crippen molar-refractivity contribution in [3.8, 4) is 0 Å². The average molecular weight is 321 g/mol. The molecule has 0 aliphatic heterocycles. The van der Waals surface area contributed by atoms with Crippen LogP contribution in [0.3, 0.4) is 0 Å². The zero-order valence-electron chi connectivity index (χ0n) is 10.7. The third kappa shape index (κ3) is 4.33. The second-order valence-electron chi connectivity index (χ2n) is 4.33. The quantitative estimate of drug-likeness (QED) is 0.653. The highest BCUT2D eigenvalue weighted by molar-refractivity contribution is 9.10. The second-order valence-corrected chi connectivity index (χ2v) is 5.12. The molecule has 0 fully saturated rings. The first kappa shape index (κ1) is 14.0. The summed E-state index contributed by atoms with van der Waals surface area (Å²) in [4.78, 5) is 4.00. The molecular formula is C15H17BrN2O. The molecule has 19 heavy (non-hydrogen) atoms. The summed E-state index contributed by atoms with van der Waals surface area (Å²) in [5, 5.41) is 0. The van der Waals surface area contributed by atoms with E-state index in [9.17, 15) is 0 Å². The number of pyridine rings is 1. The van der Waals surface area contributed by atoms with Crippen LogP contribution in [0.1, 0.15) is 17.5 Å². The standard InChI is InChI=1S/C15H17BrN2O/c16-15-13(4-1-5-14(15)17)11-19-10-2-3-12-6-8-18-9-7-12/h1,4-9H,2-3,10-11,17H2. The van der Waals surface area contributed by atoms with Gasteiger partial charge in [0.2, 0.25) is 0 Å². The third-order valence-electron chi connectivity index (χ3n) is 2.87. The Hall–Kier alpha value is -1.39. The lowest BCUT2D eigenvalue weighted by Gasteiger charge is -2.08. The van der Waals surface area contributed by atoms with Crippen LogP contribution in [0.4, 0.5) is 5.69 Å². The summed E-state index contributed by atoms with van der Waals surface area (Å²) >= 11 is 3.47. The van der Waals surface area contributed by atoms with Crippen LogP contribution < -0.4 is 5.73 Å². The number of nitrogens with two attached hydrogens (primary N) is 1. The molecule has 0 unspecified atom stereocenters. The molecular weight excluding hydrogens is 304 g/mol. The highest BCUT2D eigenvalue weighted by Gasteiger charge is 2.02. The molecule has 0 aliphatic rings. The number of ether oxygens (including phenoxy) is 1. The summed E-state index contributed by atoms with van der Waals surface area (Å²) in [5.74, 6) is 0. The van der Waals surface area contributed by atoms with Crippen LogP contribution in [0.2, 0.25) is 0 Å². The van der Waals surface area contributed by atoms with Crippen LogP contribution in [0, 0.1) is 0 Å². The monoisotopic (exact) mass is 320 g/mol. The van der Waals surface area contributed by atoms with Crippen LogP contribution in [-0.4, -0.2) is 11.6 Å². The smallest absolute Gasteiger partial charge is 0.0728 e. The Morgan fingerprint density at radius 3 is 2.74 bits per heavy atom. The molecule has 2 N–H and O–H groups in total. The fraction of sp³-hybridized carbons (Fsp3) is 0.267. The molecule has 0 radical (unpaired) electrons. The maximum Gasteiger partial charge on any atom is 0.0728 e. The number of aryl methyl sites for hydroxylation is 1. The van der Waals surface area contributed by atoms with Crippen molar-refractivity contribution in [1.82, 2.24) is 4.98 Å². The Balaban J connectivity index is 1.71. The maximum absolute atomic E-state index is 5.82. The number of nitrogen functional groups attached to an aromatic ring is 1. The molecule has 100 valence electrons. The summed E-state index contributed by atoms with van der Waals surface area (Å²) in [5.41, 5.74) is 8.95. The molecule has 0 spiro atoms. The van der Waals surface area contributed by atoms with E-state index in [2.05, 4.69) is 20.9 Å². The van der Waals surface area contributed by atoms with Crippen molar-refractivity contribution in [2.24, 2.45) is 0 Å². The Labute approximate surface area is 121 Å². The molecule has 3 nitrogen and oxygen atoms in total. The van der Waals surface area contributed by atoms with Gasteiger partial charge in [-0.25, -0.2) is 0 Å². The van der Waals surface area contributed by atoms with E-state index in [1.807, 2.05) is 42.7 Å². The summed E-state index contributed by atoms with van der Waals surface area (Å²) in [6.07, 6.45) is 5.66. The van der Waals surface area contributed by atoms with E-state index in [1.54, 1.807) is 0 Å². The Morgan fingerprint density at radius 2 is 1.95 bits per heavy atom. The normalized spacial score (nSPS) is 10.6. The number of hydrogen-bond donors (Lipinski definition) is 1. The molecule has 0 aliphatic carbocycles. The van der Waals surface area contributed by atoms with Gasteiger partial charge < -0.3 is 10.5 Å². The van der Waals surface area contributed by atoms with Crippen molar-refractivity contribution < 1.29 is 4.74 Å². The fourth-order valence-electron chi connectivity index (χ4n) is 1.82. The minimum Gasteiger partial charge on any atom is -0.398 e. The van der Waals surface area contributed by atoms with Gasteiger partial charge in [-0.05, 0) is 58.1 Å². The number of benzene rings is 1. The van der Waals surface area contributed by atoms with Crippen molar-refractivity contribution in [3.63, 3.8) is 0 Å². The van der Waals surface area contributed by atoms with Gasteiger partial charge in [0, 0.05) is 29.2 Å². The number of hydrogen-bond acceptors (Lipinski definition) is 3. The van der Waals surface area contributed by atoms with Gasteiger partial charge in [-0.15, -0.1) is 0 Å². The van der Waals surface area contributed by atoms with Crippen LogP contribution in [0.5, 0.6) is 0 Å². The highest BCUT2D eigenvalue weighted by atomic mass is 79.9. The van der Waals surface area contributed by atoms with Gasteiger partial charge in [0.1, 0.15) is 0 Å². The fourth-order valence-corrected chi connectivity index (χ4v) is 2.20. The van der Waals surface area contributed by atoms with Gasteiger partial charge in [-0.2, -0.15) is 0 Å². The number of anilines is 1. The number of rotatable bonds is 6. The van der Waals surface area contributed by atoms with E-state index in [-0.39, 0.29) is 0 Å². The summed E-state index contributed by atoms with van der Waals surface area (Å²) in [7, 11) is 0. The molecule has 4 heteroatoms. The first-order valence-electron chi connectivity index (χ1n) is 6.27. The van der Waals surface area contributed by atoms with E-state index in [1.165, 1.54) is 5.56 Å². The largest absolute Gasteiger partial charge is 0.398 e. The Kier molecular flexibility index (Phi) is 5.36. The number of nitrogens with zero attached hydrogens (tertiary/aromatic N) is 1. The van der Waals surface area contributed by atoms with Crippen LogP contribution >= 0.6 is 15.9 Å². The zero-order chi connectivity index (χ0) is 13.5. The Bertz CT molecular complexity index is 517. The topological polar surface area (TPSA) is 48.1 Å². The first-order chi connectivity index (χ1) is 9.27. The van der Waals surface area contributed by atoms with Crippen LogP contribution in [0.25, 0.3) is 0 Å². The van der Waals surface area contributed by atoms with Crippen LogP contribution in [0.15, 0.2) is 47.2 Å². The van der Waals surface area contributed by atoms with E-state index in [0.29, 0.717) is 6.61 Å². The van der Waals surface area contributed by atoms with E-state index >= 15 is 0 Å². The molecule has 2 rings (SSSR count). The molecule has 2 aromatic rings. The van der Waals surface area contributed by atoms with Gasteiger partial charge in [0.05, 0.1) is 6.61 Å². The molecule has 0 bridgehead atoms. The predicted octanol–water partition coefficient (Wildman–Crippen LogP) is 3.58. The molecule has 0 saturated heterocycles. The minimum atomic E-state index is 0.585. The molecule has 1 aromatic carbocycles. The molecule has 1 aromatic heterocycles. The average Bonchev–Trinajstić information content (AvgIpc) is 2.44. The number of aromatic nitrogens is 1. The third-order valence-corrected chi connectivity index (χ3v) is 3.84. The second kappa shape index (κ2) is 7.26. The molecule has 0 saturated carbocycles. The van der Waals surface area contributed by atoms with E-state index < -0.39 is 0 Å². The van der Waals surface area contributed by atoms with Gasteiger partial charge >= 0.3 is 0 Å². The Morgan fingerprint density at radius 1 is 1.16 bits per heavy atom. The SMILES string of the molecule is Nc1cccc(COCCCc2ccncc2)c1Br. The van der Waals surface area contributed by atoms with Crippen LogP contribution in [-0.2, 0) is 17.8 Å².